The largest absolute Gasteiger partial charge is 2.00 e. The predicted octanol–water partition coefficient (Wildman–Crippen LogP) is -0.0149. The fraction of sp³-hybridized carbons (Fsp3) is 0. The van der Waals surface area contributed by atoms with Crippen LogP contribution < -0.4 is 0 Å². The van der Waals surface area contributed by atoms with Gasteiger partial charge < -0.3 is 13.5 Å². The van der Waals surface area contributed by atoms with Crippen LogP contribution in [-0.4, -0.2) is 0 Å². The smallest absolute Gasteiger partial charge is 0 e. The van der Waals surface area contributed by atoms with Crippen molar-refractivity contribution in [2.75, 3.05) is 0 Å². The van der Waals surface area contributed by atoms with Crippen LogP contribution in [0.3, 0.4) is 0 Å². The van der Waals surface area contributed by atoms with E-state index in [4.69, 9.17) is 0 Å². The topological polar surface area (TPSA) is 0 Å². The van der Waals surface area contributed by atoms with Crippen LogP contribution in [0.5, 0.6) is 0 Å². The summed E-state index contributed by atoms with van der Waals surface area (Å²) >= 11 is 0. The van der Waals surface area contributed by atoms with Crippen LogP contribution in [0.15, 0.2) is 0 Å². The van der Waals surface area contributed by atoms with Gasteiger partial charge in [0.25, 0.3) is 0 Å². The first-order valence-electron chi connectivity index (χ1n) is 0. The molecule has 0 atom stereocenters. The van der Waals surface area contributed by atoms with Gasteiger partial charge in [0.05, 0.1) is 0 Å². The van der Waals surface area contributed by atoms with Gasteiger partial charge in [-0.2, -0.15) is 0 Å². The third-order valence-electron chi connectivity index (χ3n) is 0. The van der Waals surface area contributed by atoms with E-state index in [1.54, 1.807) is 0 Å². The molecule has 0 saturated heterocycles. The molecule has 0 fully saturated rings. The van der Waals surface area contributed by atoms with E-state index in [0.717, 1.165) is 0 Å². The van der Waals surface area contributed by atoms with Gasteiger partial charge in [-0.3, -0.25) is 0 Å². The van der Waals surface area contributed by atoms with E-state index in [9.17, 15) is 0 Å². The number of hydrogen-bond donors (Lipinski definition) is 0. The predicted molar refractivity (Wildman–Crippen MR) is 7.37 cm³/mol. The molecular formula is SV5-2. The van der Waals surface area contributed by atoms with Crippen LogP contribution in [-0.2, 0) is 106 Å². The van der Waals surface area contributed by atoms with Gasteiger partial charge >= 0.3 is 0 Å². The van der Waals surface area contributed by atoms with E-state index in [1.165, 1.54) is 0 Å². The maximum atomic E-state index is 0. The van der Waals surface area contributed by atoms with Gasteiger partial charge in [0.15, 0.2) is 0 Å². The standard InChI is InChI=1S/S.5V/q-2;;;;;. The summed E-state index contributed by atoms with van der Waals surface area (Å²) in [6, 6.07) is 0. The van der Waals surface area contributed by atoms with Crippen molar-refractivity contribution in [2.24, 2.45) is 0 Å². The molecule has 0 N–H and O–H groups in total. The Hall–Kier alpha value is 3.27. The first-order chi connectivity index (χ1) is 0. The number of rotatable bonds is 0. The summed E-state index contributed by atoms with van der Waals surface area (Å²) in [7, 11) is 0. The van der Waals surface area contributed by atoms with Gasteiger partial charge in [-0.15, -0.1) is 0 Å². The Morgan fingerprint density at radius 1 is 0.333 bits per heavy atom. The second kappa shape index (κ2) is 40.9. The summed E-state index contributed by atoms with van der Waals surface area (Å²) in [6.07, 6.45) is 0. The van der Waals surface area contributed by atoms with E-state index in [2.05, 4.69) is 0 Å². The zero-order valence-electron chi connectivity index (χ0n) is 2.64. The van der Waals surface area contributed by atoms with Gasteiger partial charge in [-0.1, -0.05) is 0 Å². The maximum Gasteiger partial charge on any atom is 0 e. The summed E-state index contributed by atoms with van der Waals surface area (Å²) in [5.41, 5.74) is 0. The third-order valence-corrected chi connectivity index (χ3v) is 0. The Morgan fingerprint density at radius 2 is 0.333 bits per heavy atom. The Kier molecular flexibility index (Phi) is 404. The molecule has 5 radical (unpaired) electrons. The third kappa shape index (κ3) is 26.7. The molecule has 0 aliphatic carbocycles. The average molecular weight is 287 g/mol. The van der Waals surface area contributed by atoms with Gasteiger partial charge in [-0.05, 0) is 0 Å². The van der Waals surface area contributed by atoms with Crippen LogP contribution in [0.25, 0.3) is 0 Å². The minimum atomic E-state index is 0. The van der Waals surface area contributed by atoms with Gasteiger partial charge in [0.1, 0.15) is 0 Å². The molecule has 0 aromatic rings. The Labute approximate surface area is 105 Å². The summed E-state index contributed by atoms with van der Waals surface area (Å²) < 4.78 is 0. The molecule has 0 saturated carbocycles. The zero-order valence-corrected chi connectivity index (χ0v) is 10.4. The van der Waals surface area contributed by atoms with Crippen LogP contribution in [0.4, 0.5) is 0 Å². The monoisotopic (exact) mass is 287 g/mol. The van der Waals surface area contributed by atoms with Crippen molar-refractivity contribution in [2.45, 2.75) is 0 Å². The van der Waals surface area contributed by atoms with Crippen LogP contribution in [0.1, 0.15) is 0 Å². The summed E-state index contributed by atoms with van der Waals surface area (Å²) in [6.45, 7) is 0. The van der Waals surface area contributed by atoms with Crippen molar-refractivity contribution >= 4 is 13.5 Å². The molecule has 0 aromatic heterocycles. The maximum absolute atomic E-state index is 0. The normalized spacial score (nSPS) is 0. The second-order valence-electron chi connectivity index (χ2n) is 0. The van der Waals surface area contributed by atoms with E-state index in [1.807, 2.05) is 0 Å². The molecular weight excluding hydrogens is 287 g/mol. The molecule has 0 aromatic carbocycles. The van der Waals surface area contributed by atoms with Crippen molar-refractivity contribution in [3.8, 4) is 0 Å². The van der Waals surface area contributed by atoms with E-state index < -0.39 is 0 Å². The van der Waals surface area contributed by atoms with Gasteiger partial charge in [0, 0.05) is 92.8 Å². The zero-order chi connectivity index (χ0) is 0. The fourth-order valence-corrected chi connectivity index (χ4v) is 0. The second-order valence-corrected chi connectivity index (χ2v) is 0. The molecule has 0 aliphatic heterocycles. The molecule has 0 spiro atoms. The number of hydrogen-bond acceptors (Lipinski definition) is 0. The van der Waals surface area contributed by atoms with Crippen molar-refractivity contribution in [1.29, 1.82) is 0 Å². The van der Waals surface area contributed by atoms with E-state index in [-0.39, 0.29) is 106 Å². The summed E-state index contributed by atoms with van der Waals surface area (Å²) in [4.78, 5) is 0. The molecule has 0 heterocycles. The van der Waals surface area contributed by atoms with E-state index >= 15 is 0 Å². The first-order valence-corrected chi connectivity index (χ1v) is 0. The van der Waals surface area contributed by atoms with Crippen LogP contribution in [0.2, 0.25) is 0 Å². The Balaban J connectivity index is 0. The minimum Gasteiger partial charge on any atom is -2.00 e. The molecule has 0 bridgehead atoms. The molecule has 0 rings (SSSR count). The molecule has 0 nitrogen and oxygen atoms in total. The Morgan fingerprint density at radius 3 is 0.333 bits per heavy atom. The van der Waals surface area contributed by atoms with Crippen LogP contribution >= 0.6 is 0 Å². The fourth-order valence-electron chi connectivity index (χ4n) is 0. The summed E-state index contributed by atoms with van der Waals surface area (Å²) in [5, 5.41) is 0. The molecule has 6 heavy (non-hydrogen) atoms. The van der Waals surface area contributed by atoms with Gasteiger partial charge in [-0.25, -0.2) is 0 Å². The Bertz CT molecular complexity index is 3.90. The van der Waals surface area contributed by atoms with E-state index in [0.29, 0.717) is 0 Å². The van der Waals surface area contributed by atoms with Crippen molar-refractivity contribution in [1.82, 2.24) is 0 Å². The molecule has 33 valence electrons. The first kappa shape index (κ1) is 59.3. The quantitative estimate of drug-likeness (QED) is 0.587. The van der Waals surface area contributed by atoms with Crippen molar-refractivity contribution in [3.05, 3.63) is 0 Å². The van der Waals surface area contributed by atoms with Crippen molar-refractivity contribution < 1.29 is 92.8 Å². The molecule has 6 heteroatoms. The molecule has 0 aliphatic rings. The minimum absolute atomic E-state index is 0. The summed E-state index contributed by atoms with van der Waals surface area (Å²) in [5.74, 6) is 0. The van der Waals surface area contributed by atoms with Crippen molar-refractivity contribution in [3.63, 3.8) is 0 Å². The average Bonchev–Trinajstić information content (AvgIpc) is 0. The SMILES string of the molecule is [S-2].[V].[V].[V].[V].[V]. The van der Waals surface area contributed by atoms with Gasteiger partial charge in [0.2, 0.25) is 0 Å². The van der Waals surface area contributed by atoms with Crippen LogP contribution in [0, 0.1) is 0 Å². The molecule has 0 amide bonds. The molecule has 0 unspecified atom stereocenters.